The van der Waals surface area contributed by atoms with Gasteiger partial charge in [-0.25, -0.2) is 23.1 Å². The quantitative estimate of drug-likeness (QED) is 0.666. The summed E-state index contributed by atoms with van der Waals surface area (Å²) in [5.41, 5.74) is 4.19. The maximum atomic E-state index is 14.2. The van der Waals surface area contributed by atoms with Gasteiger partial charge in [0.05, 0.1) is 18.8 Å². The fourth-order valence-electron chi connectivity index (χ4n) is 2.45. The lowest BCUT2D eigenvalue weighted by atomic mass is 9.93. The second-order valence-electron chi connectivity index (χ2n) is 5.36. The first kappa shape index (κ1) is 16.1. The second kappa shape index (κ2) is 6.42. The lowest BCUT2D eigenvalue weighted by molar-refractivity contribution is -0.00891. The highest BCUT2D eigenvalue weighted by molar-refractivity contribution is 5.25. The van der Waals surface area contributed by atoms with Crippen LogP contribution in [-0.2, 0) is 25.2 Å². The molecule has 1 unspecified atom stereocenters. The molecular weight excluding hydrogens is 320 g/mol. The monoisotopic (exact) mass is 335 g/mol. The maximum absolute atomic E-state index is 14.2. The van der Waals surface area contributed by atoms with Gasteiger partial charge in [0, 0.05) is 24.4 Å². The molecule has 10 heteroatoms. The molecule has 0 aliphatic heterocycles. The van der Waals surface area contributed by atoms with Crippen LogP contribution in [0.15, 0.2) is 37.1 Å². The van der Waals surface area contributed by atoms with Gasteiger partial charge in [-0.05, 0) is 6.07 Å². The summed E-state index contributed by atoms with van der Waals surface area (Å²) in [6, 6.07) is 2.99. The molecule has 3 N–H and O–H groups in total. The van der Waals surface area contributed by atoms with E-state index in [1.807, 2.05) is 0 Å². The first-order chi connectivity index (χ1) is 11.5. The molecule has 0 amide bonds. The lowest BCUT2D eigenvalue weighted by Crippen LogP contribution is -2.37. The number of halogens is 2. The summed E-state index contributed by atoms with van der Waals surface area (Å²) in [6.07, 6.45) is 4.23. The second-order valence-corrected chi connectivity index (χ2v) is 5.36. The molecule has 0 saturated heterocycles. The number of aliphatic hydroxyl groups is 1. The van der Waals surface area contributed by atoms with Crippen molar-refractivity contribution in [1.82, 2.24) is 29.8 Å². The van der Waals surface area contributed by atoms with E-state index in [2.05, 4.69) is 20.4 Å². The number of rotatable bonds is 6. The highest BCUT2D eigenvalue weighted by Crippen LogP contribution is 2.28. The minimum atomic E-state index is -1.74. The molecule has 2 heterocycles. The van der Waals surface area contributed by atoms with E-state index in [0.717, 1.165) is 6.07 Å². The molecule has 8 nitrogen and oxygen atoms in total. The fourth-order valence-corrected chi connectivity index (χ4v) is 2.45. The van der Waals surface area contributed by atoms with Crippen molar-refractivity contribution in [1.29, 1.82) is 0 Å². The van der Waals surface area contributed by atoms with Crippen LogP contribution in [-0.4, -0.2) is 34.9 Å². The molecule has 1 aromatic carbocycles. The van der Waals surface area contributed by atoms with Gasteiger partial charge in [0.1, 0.15) is 29.9 Å². The zero-order chi connectivity index (χ0) is 17.2. The Kier molecular flexibility index (Phi) is 4.32. The Hall–Kier alpha value is -2.72. The van der Waals surface area contributed by atoms with Crippen LogP contribution in [0.3, 0.4) is 0 Å². The van der Waals surface area contributed by atoms with Crippen molar-refractivity contribution in [2.45, 2.75) is 25.2 Å². The zero-order valence-electron chi connectivity index (χ0n) is 12.5. The van der Waals surface area contributed by atoms with Crippen molar-refractivity contribution < 1.29 is 13.9 Å². The normalized spacial score (nSPS) is 13.8. The molecular formula is C14H15F2N7O. The van der Waals surface area contributed by atoms with Gasteiger partial charge in [-0.3, -0.25) is 0 Å². The van der Waals surface area contributed by atoms with Gasteiger partial charge in [-0.15, -0.1) is 5.10 Å². The van der Waals surface area contributed by atoms with E-state index < -0.39 is 17.2 Å². The van der Waals surface area contributed by atoms with E-state index in [1.165, 1.54) is 28.1 Å². The van der Waals surface area contributed by atoms with E-state index in [9.17, 15) is 13.9 Å². The van der Waals surface area contributed by atoms with Gasteiger partial charge in [-0.2, -0.15) is 5.10 Å². The van der Waals surface area contributed by atoms with E-state index in [4.69, 9.17) is 5.73 Å². The topological polar surface area (TPSA) is 108 Å². The summed E-state index contributed by atoms with van der Waals surface area (Å²) in [6.45, 7) is -0.0395. The Bertz CT molecular complexity index is 820. The molecule has 24 heavy (non-hydrogen) atoms. The van der Waals surface area contributed by atoms with Crippen LogP contribution in [0.5, 0.6) is 0 Å². The van der Waals surface area contributed by atoms with Gasteiger partial charge in [0.2, 0.25) is 0 Å². The average Bonchev–Trinajstić information content (AvgIpc) is 3.18. The van der Waals surface area contributed by atoms with Crippen molar-refractivity contribution in [2.24, 2.45) is 5.73 Å². The third kappa shape index (κ3) is 3.29. The molecule has 0 aliphatic rings. The average molecular weight is 335 g/mol. The lowest BCUT2D eigenvalue weighted by Gasteiger charge is -2.28. The highest BCUT2D eigenvalue weighted by Gasteiger charge is 2.34. The Morgan fingerprint density at radius 3 is 2.62 bits per heavy atom. The molecule has 3 aromatic rings. The first-order valence-corrected chi connectivity index (χ1v) is 7.09. The van der Waals surface area contributed by atoms with Crippen LogP contribution in [0.4, 0.5) is 8.78 Å². The molecule has 0 radical (unpaired) electrons. The molecule has 3 rings (SSSR count). The van der Waals surface area contributed by atoms with Crippen molar-refractivity contribution in [2.75, 3.05) is 0 Å². The minimum Gasteiger partial charge on any atom is -0.381 e. The molecule has 126 valence electrons. The molecule has 0 saturated carbocycles. The SMILES string of the molecule is NCc1cn(CC(O)(Cn2cncn2)c2ccc(F)cc2F)nn1. The van der Waals surface area contributed by atoms with Crippen LogP contribution >= 0.6 is 0 Å². The van der Waals surface area contributed by atoms with Crippen molar-refractivity contribution in [3.8, 4) is 0 Å². The number of benzene rings is 1. The third-order valence-corrected chi connectivity index (χ3v) is 3.54. The number of hydrogen-bond donors (Lipinski definition) is 2. The molecule has 2 aromatic heterocycles. The summed E-state index contributed by atoms with van der Waals surface area (Å²) in [5.74, 6) is -1.60. The Balaban J connectivity index is 1.99. The zero-order valence-corrected chi connectivity index (χ0v) is 12.5. The Morgan fingerprint density at radius 2 is 2.00 bits per heavy atom. The van der Waals surface area contributed by atoms with Crippen molar-refractivity contribution >= 4 is 0 Å². The molecule has 0 fully saturated rings. The summed E-state index contributed by atoms with van der Waals surface area (Å²) in [4.78, 5) is 3.80. The van der Waals surface area contributed by atoms with E-state index in [1.54, 1.807) is 6.20 Å². The summed E-state index contributed by atoms with van der Waals surface area (Å²) in [7, 11) is 0. The van der Waals surface area contributed by atoms with Crippen LogP contribution in [0.2, 0.25) is 0 Å². The van der Waals surface area contributed by atoms with Crippen molar-refractivity contribution in [3.63, 3.8) is 0 Å². The summed E-state index contributed by atoms with van der Waals surface area (Å²) < 4.78 is 30.1. The molecule has 0 spiro atoms. The first-order valence-electron chi connectivity index (χ1n) is 7.09. The van der Waals surface area contributed by atoms with Crippen LogP contribution in [0.1, 0.15) is 11.3 Å². The predicted octanol–water partition coefficient (Wildman–Crippen LogP) is 0.194. The number of aromatic nitrogens is 6. The van der Waals surface area contributed by atoms with Gasteiger partial charge in [-0.1, -0.05) is 11.3 Å². The van der Waals surface area contributed by atoms with E-state index in [-0.39, 0.29) is 25.2 Å². The number of nitrogens with zero attached hydrogens (tertiary/aromatic N) is 6. The van der Waals surface area contributed by atoms with Gasteiger partial charge in [0.15, 0.2) is 0 Å². The van der Waals surface area contributed by atoms with Crippen LogP contribution in [0, 0.1) is 11.6 Å². The smallest absolute Gasteiger partial charge is 0.137 e. The summed E-state index contributed by atoms with van der Waals surface area (Å²) >= 11 is 0. The van der Waals surface area contributed by atoms with Crippen LogP contribution in [0.25, 0.3) is 0 Å². The number of nitrogens with two attached hydrogens (primary N) is 1. The number of hydrogen-bond acceptors (Lipinski definition) is 6. The predicted molar refractivity (Wildman–Crippen MR) is 78.2 cm³/mol. The Morgan fingerprint density at radius 1 is 1.21 bits per heavy atom. The molecule has 0 bridgehead atoms. The molecule has 1 atom stereocenters. The van der Waals surface area contributed by atoms with Gasteiger partial charge >= 0.3 is 0 Å². The van der Waals surface area contributed by atoms with Gasteiger partial charge < -0.3 is 10.8 Å². The molecule has 0 aliphatic carbocycles. The standard InChI is InChI=1S/C14H15F2N7O/c15-10-1-2-12(13(16)3-10)14(24,7-23-9-18-8-19-23)6-22-5-11(4-17)20-21-22/h1-3,5,8-9,24H,4,6-7,17H2. The maximum Gasteiger partial charge on any atom is 0.137 e. The van der Waals surface area contributed by atoms with E-state index in [0.29, 0.717) is 11.8 Å². The highest BCUT2D eigenvalue weighted by atomic mass is 19.1. The minimum absolute atomic E-state index is 0.0794. The Labute approximate surface area is 135 Å². The largest absolute Gasteiger partial charge is 0.381 e. The van der Waals surface area contributed by atoms with Crippen LogP contribution < -0.4 is 5.73 Å². The summed E-state index contributed by atoms with van der Waals surface area (Å²) in [5, 5.41) is 22.7. The third-order valence-electron chi connectivity index (χ3n) is 3.54. The van der Waals surface area contributed by atoms with Crippen molar-refractivity contribution in [3.05, 3.63) is 59.9 Å². The van der Waals surface area contributed by atoms with E-state index >= 15 is 0 Å². The fraction of sp³-hybridized carbons (Fsp3) is 0.286. The van der Waals surface area contributed by atoms with Gasteiger partial charge in [0.25, 0.3) is 0 Å².